The van der Waals surface area contributed by atoms with Crippen LogP contribution in [0.25, 0.3) is 10.9 Å². The number of benzene rings is 1. The van der Waals surface area contributed by atoms with Gasteiger partial charge in [0.25, 0.3) is 0 Å². The zero-order chi connectivity index (χ0) is 21.6. The molecule has 3 heterocycles. The number of hydrogen-bond donors (Lipinski definition) is 3. The minimum absolute atomic E-state index is 0.224. The summed E-state index contributed by atoms with van der Waals surface area (Å²) in [6.45, 7) is 3.81. The molecule has 0 unspecified atom stereocenters. The Morgan fingerprint density at radius 1 is 1.19 bits per heavy atom. The standard InChI is InChI=1S/C22H26FN7S/c1-15-28-29-21(30(15)2)14-27-22(25-10-8-18-4-3-11-31-18)24-9-7-16-13-26-20-6-5-17(23)12-19(16)20/h3-6,11-13,26H,7-10,14H2,1-2H3,(H2,24,25,27). The molecule has 0 aliphatic heterocycles. The molecule has 0 aliphatic rings. The first-order chi connectivity index (χ1) is 15.1. The Morgan fingerprint density at radius 2 is 2.03 bits per heavy atom. The molecule has 0 fully saturated rings. The number of thiophene rings is 1. The van der Waals surface area contributed by atoms with Crippen LogP contribution in [0.5, 0.6) is 0 Å². The molecule has 0 radical (unpaired) electrons. The summed E-state index contributed by atoms with van der Waals surface area (Å²) in [6, 6.07) is 9.01. The number of halogens is 1. The Hall–Kier alpha value is -3.20. The van der Waals surface area contributed by atoms with Gasteiger partial charge in [0.2, 0.25) is 0 Å². The first-order valence-corrected chi connectivity index (χ1v) is 11.1. The number of guanidine groups is 1. The predicted octanol–water partition coefficient (Wildman–Crippen LogP) is 3.33. The van der Waals surface area contributed by atoms with Crippen molar-refractivity contribution in [2.45, 2.75) is 26.3 Å². The van der Waals surface area contributed by atoms with Crippen molar-refractivity contribution in [3.8, 4) is 0 Å². The molecular weight excluding hydrogens is 413 g/mol. The van der Waals surface area contributed by atoms with E-state index in [0.29, 0.717) is 13.1 Å². The van der Waals surface area contributed by atoms with Crippen molar-refractivity contribution in [1.82, 2.24) is 30.4 Å². The summed E-state index contributed by atoms with van der Waals surface area (Å²) in [6.07, 6.45) is 3.62. The van der Waals surface area contributed by atoms with Gasteiger partial charge in [0.15, 0.2) is 11.8 Å². The minimum Gasteiger partial charge on any atom is -0.361 e. The van der Waals surface area contributed by atoms with E-state index in [-0.39, 0.29) is 5.82 Å². The minimum atomic E-state index is -0.224. The summed E-state index contributed by atoms with van der Waals surface area (Å²) in [5, 5.41) is 18.1. The number of aromatic nitrogens is 4. The molecular formula is C22H26FN7S. The Bertz CT molecular complexity index is 1160. The Kier molecular flexibility index (Phi) is 6.61. The second-order valence-electron chi connectivity index (χ2n) is 7.32. The van der Waals surface area contributed by atoms with Gasteiger partial charge in [-0.1, -0.05) is 6.07 Å². The Morgan fingerprint density at radius 3 is 2.77 bits per heavy atom. The van der Waals surface area contributed by atoms with Gasteiger partial charge in [0.05, 0.1) is 0 Å². The van der Waals surface area contributed by atoms with Gasteiger partial charge in [0.1, 0.15) is 18.2 Å². The molecule has 0 saturated carbocycles. The van der Waals surface area contributed by atoms with E-state index < -0.39 is 0 Å². The van der Waals surface area contributed by atoms with E-state index in [4.69, 9.17) is 0 Å². The van der Waals surface area contributed by atoms with Gasteiger partial charge < -0.3 is 20.2 Å². The normalized spacial score (nSPS) is 11.9. The average molecular weight is 440 g/mol. The van der Waals surface area contributed by atoms with Crippen LogP contribution in [0.4, 0.5) is 4.39 Å². The number of nitrogens with zero attached hydrogens (tertiary/aromatic N) is 4. The zero-order valence-electron chi connectivity index (χ0n) is 17.7. The van der Waals surface area contributed by atoms with E-state index >= 15 is 0 Å². The second-order valence-corrected chi connectivity index (χ2v) is 8.36. The number of aryl methyl sites for hydroxylation is 1. The number of fused-ring (bicyclic) bond motifs is 1. The Labute approximate surface area is 184 Å². The van der Waals surface area contributed by atoms with E-state index in [1.54, 1.807) is 23.5 Å². The third kappa shape index (κ3) is 5.29. The highest BCUT2D eigenvalue weighted by Crippen LogP contribution is 2.19. The molecule has 4 aromatic rings. The van der Waals surface area contributed by atoms with Crippen LogP contribution in [0.15, 0.2) is 46.9 Å². The first-order valence-electron chi connectivity index (χ1n) is 10.2. The summed E-state index contributed by atoms with van der Waals surface area (Å²) in [5.74, 6) is 2.17. The van der Waals surface area contributed by atoms with Crippen molar-refractivity contribution in [2.24, 2.45) is 12.0 Å². The number of nitrogens with one attached hydrogen (secondary N) is 3. The van der Waals surface area contributed by atoms with Crippen LogP contribution in [0, 0.1) is 12.7 Å². The molecule has 0 aliphatic carbocycles. The monoisotopic (exact) mass is 439 g/mol. The van der Waals surface area contributed by atoms with E-state index in [1.807, 2.05) is 24.7 Å². The quantitative estimate of drug-likeness (QED) is 0.291. The molecule has 0 atom stereocenters. The van der Waals surface area contributed by atoms with Crippen LogP contribution >= 0.6 is 11.3 Å². The summed E-state index contributed by atoms with van der Waals surface area (Å²) >= 11 is 1.75. The van der Waals surface area contributed by atoms with Crippen LogP contribution in [0.1, 0.15) is 22.1 Å². The van der Waals surface area contributed by atoms with E-state index in [9.17, 15) is 4.39 Å². The zero-order valence-corrected chi connectivity index (χ0v) is 18.5. The second kappa shape index (κ2) is 9.74. The van der Waals surface area contributed by atoms with E-state index in [1.165, 1.54) is 10.9 Å². The molecule has 3 N–H and O–H groups in total. The van der Waals surface area contributed by atoms with Crippen LogP contribution in [-0.2, 0) is 26.4 Å². The molecule has 3 aromatic heterocycles. The molecule has 31 heavy (non-hydrogen) atoms. The molecule has 9 heteroatoms. The number of aliphatic imine (C=N–C) groups is 1. The van der Waals surface area contributed by atoms with Crippen molar-refractivity contribution in [2.75, 3.05) is 13.1 Å². The molecule has 162 valence electrons. The smallest absolute Gasteiger partial charge is 0.191 e. The highest BCUT2D eigenvalue weighted by atomic mass is 32.1. The summed E-state index contributed by atoms with van der Waals surface area (Å²) in [7, 11) is 1.94. The number of rotatable bonds is 8. The first kappa shape index (κ1) is 21.0. The van der Waals surface area contributed by atoms with Crippen LogP contribution in [-0.4, -0.2) is 38.8 Å². The van der Waals surface area contributed by atoms with Gasteiger partial charge in [-0.05, 0) is 55.0 Å². The summed E-state index contributed by atoms with van der Waals surface area (Å²) in [4.78, 5) is 9.22. The average Bonchev–Trinajstić information content (AvgIpc) is 3.49. The van der Waals surface area contributed by atoms with Gasteiger partial charge in [-0.25, -0.2) is 9.38 Å². The van der Waals surface area contributed by atoms with Crippen molar-refractivity contribution in [3.05, 3.63) is 69.8 Å². The summed E-state index contributed by atoms with van der Waals surface area (Å²) in [5.41, 5.74) is 2.01. The van der Waals surface area contributed by atoms with E-state index in [2.05, 4.69) is 48.3 Å². The van der Waals surface area contributed by atoms with Crippen LogP contribution in [0.2, 0.25) is 0 Å². The van der Waals surface area contributed by atoms with Gasteiger partial charge in [0, 0.05) is 42.1 Å². The Balaban J connectivity index is 1.39. The molecule has 0 saturated heterocycles. The van der Waals surface area contributed by atoms with Crippen molar-refractivity contribution >= 4 is 28.2 Å². The summed E-state index contributed by atoms with van der Waals surface area (Å²) < 4.78 is 15.6. The van der Waals surface area contributed by atoms with Gasteiger partial charge in [-0.2, -0.15) is 0 Å². The third-order valence-corrected chi connectivity index (χ3v) is 6.16. The van der Waals surface area contributed by atoms with Gasteiger partial charge in [-0.3, -0.25) is 0 Å². The largest absolute Gasteiger partial charge is 0.361 e. The lowest BCUT2D eigenvalue weighted by Gasteiger charge is -2.12. The SMILES string of the molecule is Cc1nnc(CN=C(NCCc2cccs2)NCCc2c[nH]c3ccc(F)cc23)n1C. The lowest BCUT2D eigenvalue weighted by atomic mass is 10.1. The predicted molar refractivity (Wildman–Crippen MR) is 123 cm³/mol. The third-order valence-electron chi connectivity index (χ3n) is 5.22. The molecule has 4 rings (SSSR count). The lowest BCUT2D eigenvalue weighted by molar-refractivity contribution is 0.629. The van der Waals surface area contributed by atoms with Crippen molar-refractivity contribution in [3.63, 3.8) is 0 Å². The molecule has 0 spiro atoms. The highest BCUT2D eigenvalue weighted by molar-refractivity contribution is 7.09. The lowest BCUT2D eigenvalue weighted by Crippen LogP contribution is -2.39. The molecule has 7 nitrogen and oxygen atoms in total. The van der Waals surface area contributed by atoms with Crippen LogP contribution in [0.3, 0.4) is 0 Å². The fraction of sp³-hybridized carbons (Fsp3) is 0.318. The molecule has 0 amide bonds. The van der Waals surface area contributed by atoms with Gasteiger partial charge in [-0.15, -0.1) is 21.5 Å². The molecule has 0 bridgehead atoms. The molecule has 1 aromatic carbocycles. The van der Waals surface area contributed by atoms with E-state index in [0.717, 1.165) is 53.5 Å². The maximum Gasteiger partial charge on any atom is 0.191 e. The van der Waals surface area contributed by atoms with Gasteiger partial charge >= 0.3 is 0 Å². The fourth-order valence-corrected chi connectivity index (χ4v) is 4.05. The maximum atomic E-state index is 13.6. The highest BCUT2D eigenvalue weighted by Gasteiger charge is 2.08. The number of hydrogen-bond acceptors (Lipinski definition) is 4. The van der Waals surface area contributed by atoms with Crippen LogP contribution < -0.4 is 10.6 Å². The number of H-pyrrole nitrogens is 1. The number of aromatic amines is 1. The topological polar surface area (TPSA) is 82.9 Å². The van der Waals surface area contributed by atoms with Crippen molar-refractivity contribution in [1.29, 1.82) is 0 Å². The fourth-order valence-electron chi connectivity index (χ4n) is 3.34. The maximum absolute atomic E-state index is 13.6. The van der Waals surface area contributed by atoms with Crippen molar-refractivity contribution < 1.29 is 4.39 Å².